The number of rotatable bonds is 7. The third-order valence-corrected chi connectivity index (χ3v) is 5.39. The summed E-state index contributed by atoms with van der Waals surface area (Å²) in [4.78, 5) is 2.58. The van der Waals surface area contributed by atoms with Gasteiger partial charge >= 0.3 is 0 Å². The third kappa shape index (κ3) is 2.99. The maximum atomic E-state index is 6.76. The van der Waals surface area contributed by atoms with Gasteiger partial charge in [-0.15, -0.1) is 0 Å². The molecule has 1 unspecified atom stereocenters. The molecule has 0 spiro atoms. The van der Waals surface area contributed by atoms with E-state index in [0.717, 1.165) is 44.6 Å². The smallest absolute Gasteiger partial charge is 0.0834 e. The van der Waals surface area contributed by atoms with Crippen LogP contribution in [0.15, 0.2) is 6.20 Å². The second kappa shape index (κ2) is 7.12. The van der Waals surface area contributed by atoms with Crippen molar-refractivity contribution in [3.05, 3.63) is 16.9 Å². The van der Waals surface area contributed by atoms with Crippen LogP contribution in [0.2, 0.25) is 5.02 Å². The molecule has 0 bridgehead atoms. The van der Waals surface area contributed by atoms with Crippen LogP contribution in [0.1, 0.15) is 64.6 Å². The van der Waals surface area contributed by atoms with Gasteiger partial charge in [0.25, 0.3) is 0 Å². The number of aryl methyl sites for hydroxylation is 1. The van der Waals surface area contributed by atoms with Crippen LogP contribution in [0, 0.1) is 0 Å². The van der Waals surface area contributed by atoms with Gasteiger partial charge in [0.15, 0.2) is 0 Å². The third-order valence-electron chi connectivity index (χ3n) is 5.10. The molecule has 2 N–H and O–H groups in total. The van der Waals surface area contributed by atoms with Crippen LogP contribution in [0.3, 0.4) is 0 Å². The first-order valence-electron chi connectivity index (χ1n) is 8.32. The van der Waals surface area contributed by atoms with E-state index < -0.39 is 0 Å². The van der Waals surface area contributed by atoms with Gasteiger partial charge in [0.1, 0.15) is 0 Å². The number of nitrogens with zero attached hydrogens (tertiary/aromatic N) is 3. The van der Waals surface area contributed by atoms with Crippen molar-refractivity contribution < 1.29 is 0 Å². The van der Waals surface area contributed by atoms with E-state index in [1.807, 2.05) is 4.68 Å². The Labute approximate surface area is 133 Å². The van der Waals surface area contributed by atoms with Crippen molar-refractivity contribution in [3.63, 3.8) is 0 Å². The van der Waals surface area contributed by atoms with Crippen molar-refractivity contribution in [1.82, 2.24) is 14.7 Å². The number of aromatic nitrogens is 2. The molecule has 0 amide bonds. The summed E-state index contributed by atoms with van der Waals surface area (Å²) in [5.74, 6) is 0. The lowest BCUT2D eigenvalue weighted by molar-refractivity contribution is 0.0734. The summed E-state index contributed by atoms with van der Waals surface area (Å²) in [6, 6.07) is -0.0906. The molecule has 1 aromatic rings. The Morgan fingerprint density at radius 1 is 1.29 bits per heavy atom. The Balaban J connectivity index is 2.38. The number of hydrogen-bond acceptors (Lipinski definition) is 3. The SMILES string of the molecule is CCCn1ncc(Cl)c1C(N)C(CC)(CC)N1CCCC1. The van der Waals surface area contributed by atoms with Crippen molar-refractivity contribution in [2.75, 3.05) is 13.1 Å². The minimum absolute atomic E-state index is 0.00827. The van der Waals surface area contributed by atoms with Gasteiger partial charge in [-0.1, -0.05) is 32.4 Å². The number of hydrogen-bond donors (Lipinski definition) is 1. The summed E-state index contributed by atoms with van der Waals surface area (Å²) < 4.78 is 2.00. The van der Waals surface area contributed by atoms with Gasteiger partial charge in [0, 0.05) is 12.1 Å². The lowest BCUT2D eigenvalue weighted by Crippen LogP contribution is -2.54. The molecular formula is C16H29ClN4. The summed E-state index contributed by atoms with van der Waals surface area (Å²) in [5, 5.41) is 5.13. The fourth-order valence-electron chi connectivity index (χ4n) is 3.82. The molecule has 5 heteroatoms. The highest BCUT2D eigenvalue weighted by Crippen LogP contribution is 2.40. The Bertz CT molecular complexity index is 447. The van der Waals surface area contributed by atoms with Crippen LogP contribution >= 0.6 is 11.6 Å². The zero-order valence-corrected chi connectivity index (χ0v) is 14.4. The summed E-state index contributed by atoms with van der Waals surface area (Å²) in [5.41, 5.74) is 7.76. The van der Waals surface area contributed by atoms with E-state index in [0.29, 0.717) is 5.02 Å². The van der Waals surface area contributed by atoms with Crippen molar-refractivity contribution in [1.29, 1.82) is 0 Å². The second-order valence-corrected chi connectivity index (χ2v) is 6.49. The molecule has 2 heterocycles. The van der Waals surface area contributed by atoms with E-state index in [1.54, 1.807) is 6.20 Å². The van der Waals surface area contributed by atoms with Crippen LogP contribution in [-0.4, -0.2) is 33.3 Å². The number of halogens is 1. The number of nitrogens with two attached hydrogens (primary N) is 1. The van der Waals surface area contributed by atoms with Crippen LogP contribution in [0.4, 0.5) is 0 Å². The highest BCUT2D eigenvalue weighted by Gasteiger charge is 2.43. The predicted octanol–water partition coefficient (Wildman–Crippen LogP) is 3.60. The van der Waals surface area contributed by atoms with Gasteiger partial charge in [-0.3, -0.25) is 9.58 Å². The summed E-state index contributed by atoms with van der Waals surface area (Å²) in [6.07, 6.45) is 7.41. The Morgan fingerprint density at radius 2 is 1.90 bits per heavy atom. The van der Waals surface area contributed by atoms with Crippen LogP contribution < -0.4 is 5.73 Å². The van der Waals surface area contributed by atoms with E-state index >= 15 is 0 Å². The van der Waals surface area contributed by atoms with Gasteiger partial charge in [-0.05, 0) is 45.2 Å². The Hall–Kier alpha value is -0.580. The first-order chi connectivity index (χ1) is 10.1. The molecule has 1 aliphatic rings. The molecule has 1 atom stereocenters. The van der Waals surface area contributed by atoms with Crippen molar-refractivity contribution >= 4 is 11.6 Å². The molecule has 0 saturated carbocycles. The number of likely N-dealkylation sites (tertiary alicyclic amines) is 1. The van der Waals surface area contributed by atoms with Gasteiger partial charge in [0.05, 0.1) is 23.0 Å². The molecule has 1 aliphatic heterocycles. The van der Waals surface area contributed by atoms with E-state index in [4.69, 9.17) is 17.3 Å². The van der Waals surface area contributed by atoms with E-state index in [-0.39, 0.29) is 11.6 Å². The summed E-state index contributed by atoms with van der Waals surface area (Å²) in [6.45, 7) is 9.81. The monoisotopic (exact) mass is 312 g/mol. The normalized spacial score (nSPS) is 18.3. The molecule has 21 heavy (non-hydrogen) atoms. The predicted molar refractivity (Wildman–Crippen MR) is 88.6 cm³/mol. The minimum atomic E-state index is -0.0906. The van der Waals surface area contributed by atoms with E-state index in [1.165, 1.54) is 12.8 Å². The maximum Gasteiger partial charge on any atom is 0.0834 e. The van der Waals surface area contributed by atoms with E-state index in [9.17, 15) is 0 Å². The van der Waals surface area contributed by atoms with Crippen LogP contribution in [0.5, 0.6) is 0 Å². The molecule has 0 aliphatic carbocycles. The first kappa shape index (κ1) is 16.8. The minimum Gasteiger partial charge on any atom is -0.321 e. The Morgan fingerprint density at radius 3 is 2.43 bits per heavy atom. The maximum absolute atomic E-state index is 6.76. The highest BCUT2D eigenvalue weighted by molar-refractivity contribution is 6.31. The van der Waals surface area contributed by atoms with Crippen molar-refractivity contribution in [2.24, 2.45) is 5.73 Å². The fraction of sp³-hybridized carbons (Fsp3) is 0.812. The first-order valence-corrected chi connectivity index (χ1v) is 8.70. The standard InChI is InChI=1S/C16H29ClN4/c1-4-9-21-14(13(17)12-19-21)15(18)16(5-2,6-3)20-10-7-8-11-20/h12,15H,4-11,18H2,1-3H3. The molecule has 2 rings (SSSR count). The van der Waals surface area contributed by atoms with E-state index in [2.05, 4.69) is 30.8 Å². The van der Waals surface area contributed by atoms with Gasteiger partial charge in [-0.2, -0.15) is 5.10 Å². The lowest BCUT2D eigenvalue weighted by Gasteiger charge is -2.45. The zero-order chi connectivity index (χ0) is 15.5. The van der Waals surface area contributed by atoms with Gasteiger partial charge < -0.3 is 5.73 Å². The van der Waals surface area contributed by atoms with Crippen LogP contribution in [0.25, 0.3) is 0 Å². The zero-order valence-electron chi connectivity index (χ0n) is 13.6. The summed E-state index contributed by atoms with van der Waals surface area (Å²) in [7, 11) is 0. The van der Waals surface area contributed by atoms with Crippen molar-refractivity contribution in [3.8, 4) is 0 Å². The second-order valence-electron chi connectivity index (χ2n) is 6.08. The molecule has 0 radical (unpaired) electrons. The van der Waals surface area contributed by atoms with Gasteiger partial charge in [-0.25, -0.2) is 0 Å². The molecule has 0 aromatic carbocycles. The molecule has 1 aromatic heterocycles. The van der Waals surface area contributed by atoms with Crippen LogP contribution in [-0.2, 0) is 6.54 Å². The van der Waals surface area contributed by atoms with Gasteiger partial charge in [0.2, 0.25) is 0 Å². The molecule has 1 saturated heterocycles. The summed E-state index contributed by atoms with van der Waals surface area (Å²) >= 11 is 6.42. The average Bonchev–Trinajstić information content (AvgIpc) is 3.12. The largest absolute Gasteiger partial charge is 0.321 e. The highest BCUT2D eigenvalue weighted by atomic mass is 35.5. The lowest BCUT2D eigenvalue weighted by atomic mass is 9.81. The molecular weight excluding hydrogens is 284 g/mol. The topological polar surface area (TPSA) is 47.1 Å². The molecule has 120 valence electrons. The van der Waals surface area contributed by atoms with Crippen molar-refractivity contribution in [2.45, 2.75) is 71.0 Å². The Kier molecular flexibility index (Phi) is 5.69. The quantitative estimate of drug-likeness (QED) is 0.836. The average molecular weight is 313 g/mol. The molecule has 1 fully saturated rings. The molecule has 4 nitrogen and oxygen atoms in total. The fourth-order valence-corrected chi connectivity index (χ4v) is 4.08.